The van der Waals surface area contributed by atoms with Crippen molar-refractivity contribution in [2.45, 2.75) is 33.8 Å². The lowest BCUT2D eigenvalue weighted by atomic mass is 10.1. The predicted molar refractivity (Wildman–Crippen MR) is 77.8 cm³/mol. The summed E-state index contributed by atoms with van der Waals surface area (Å²) in [5.41, 5.74) is 3.69. The van der Waals surface area contributed by atoms with Crippen molar-refractivity contribution in [2.24, 2.45) is 5.92 Å². The Hall–Kier alpha value is -1.32. The molecule has 0 saturated heterocycles. The molecule has 0 aliphatic carbocycles. The van der Waals surface area contributed by atoms with Crippen LogP contribution in [0.4, 0.5) is 0 Å². The van der Waals surface area contributed by atoms with Crippen molar-refractivity contribution in [1.29, 1.82) is 0 Å². The van der Waals surface area contributed by atoms with Gasteiger partial charge in [-0.25, -0.2) is 4.68 Å². The summed E-state index contributed by atoms with van der Waals surface area (Å²) in [7, 11) is 0. The minimum absolute atomic E-state index is 0.0767. The molecule has 102 valence electrons. The summed E-state index contributed by atoms with van der Waals surface area (Å²) >= 11 is 6.34. The van der Waals surface area contributed by atoms with E-state index in [4.69, 9.17) is 11.6 Å². The largest absolute Gasteiger partial charge is 0.391 e. The van der Waals surface area contributed by atoms with Crippen molar-refractivity contribution in [3.05, 3.63) is 46.2 Å². The summed E-state index contributed by atoms with van der Waals surface area (Å²) in [6, 6.07) is 8.00. The van der Waals surface area contributed by atoms with Gasteiger partial charge in [0.05, 0.1) is 18.0 Å². The zero-order valence-electron chi connectivity index (χ0n) is 11.5. The van der Waals surface area contributed by atoms with Crippen LogP contribution in [0, 0.1) is 12.8 Å². The molecule has 0 fully saturated rings. The van der Waals surface area contributed by atoms with Crippen molar-refractivity contribution in [1.82, 2.24) is 9.78 Å². The number of rotatable bonds is 4. The second-order valence-electron chi connectivity index (χ2n) is 5.22. The maximum Gasteiger partial charge on any atom is 0.138 e. The van der Waals surface area contributed by atoms with Crippen LogP contribution in [0.15, 0.2) is 24.3 Å². The maximum absolute atomic E-state index is 9.49. The third-order valence-corrected chi connectivity index (χ3v) is 3.40. The Balaban J connectivity index is 2.49. The first-order valence-electron chi connectivity index (χ1n) is 6.47. The lowest BCUT2D eigenvalue weighted by molar-refractivity contribution is 0.280. The fourth-order valence-corrected chi connectivity index (χ4v) is 2.41. The van der Waals surface area contributed by atoms with E-state index < -0.39 is 0 Å². The van der Waals surface area contributed by atoms with Crippen molar-refractivity contribution in [2.75, 3.05) is 0 Å². The van der Waals surface area contributed by atoms with Gasteiger partial charge in [0.15, 0.2) is 0 Å². The fraction of sp³-hybridized carbons (Fsp3) is 0.400. The zero-order chi connectivity index (χ0) is 14.0. The van der Waals surface area contributed by atoms with Gasteiger partial charge in [0.1, 0.15) is 5.15 Å². The van der Waals surface area contributed by atoms with Crippen LogP contribution in [0.5, 0.6) is 0 Å². The minimum atomic E-state index is -0.0767. The standard InChI is InChI=1S/C15H19ClN2O/c1-10(2)7-14-13(9-19)15(16)18(17-14)12-6-4-5-11(3)8-12/h4-6,8,10,19H,7,9H2,1-3H3. The Labute approximate surface area is 118 Å². The SMILES string of the molecule is Cc1cccc(-n2nc(CC(C)C)c(CO)c2Cl)c1. The number of hydrogen-bond donors (Lipinski definition) is 1. The van der Waals surface area contributed by atoms with Gasteiger partial charge in [-0.1, -0.05) is 37.6 Å². The number of aliphatic hydroxyl groups excluding tert-OH is 1. The van der Waals surface area contributed by atoms with E-state index in [1.807, 2.05) is 31.2 Å². The van der Waals surface area contributed by atoms with E-state index >= 15 is 0 Å². The van der Waals surface area contributed by atoms with E-state index in [0.29, 0.717) is 11.1 Å². The molecule has 0 spiro atoms. The average Bonchev–Trinajstić information content (AvgIpc) is 2.65. The molecule has 0 aliphatic rings. The summed E-state index contributed by atoms with van der Waals surface area (Å²) in [4.78, 5) is 0. The van der Waals surface area contributed by atoms with Crippen molar-refractivity contribution < 1.29 is 5.11 Å². The second-order valence-corrected chi connectivity index (χ2v) is 5.58. The highest BCUT2D eigenvalue weighted by Crippen LogP contribution is 2.25. The van der Waals surface area contributed by atoms with E-state index in [9.17, 15) is 5.11 Å². The van der Waals surface area contributed by atoms with Gasteiger partial charge >= 0.3 is 0 Å². The second kappa shape index (κ2) is 5.76. The Kier molecular flexibility index (Phi) is 4.27. The molecule has 0 saturated carbocycles. The number of aryl methyl sites for hydroxylation is 1. The van der Waals surface area contributed by atoms with Gasteiger partial charge < -0.3 is 5.11 Å². The van der Waals surface area contributed by atoms with E-state index in [1.54, 1.807) is 4.68 Å². The average molecular weight is 279 g/mol. The molecule has 0 atom stereocenters. The van der Waals surface area contributed by atoms with Gasteiger partial charge in [0, 0.05) is 5.56 Å². The Morgan fingerprint density at radius 1 is 1.37 bits per heavy atom. The molecule has 3 nitrogen and oxygen atoms in total. The summed E-state index contributed by atoms with van der Waals surface area (Å²) in [5.74, 6) is 0.474. The van der Waals surface area contributed by atoms with E-state index in [-0.39, 0.29) is 6.61 Å². The van der Waals surface area contributed by atoms with Gasteiger partial charge in [-0.2, -0.15) is 5.10 Å². The lowest BCUT2D eigenvalue weighted by Crippen LogP contribution is -2.00. The molecule has 2 aromatic rings. The van der Waals surface area contributed by atoms with Crippen LogP contribution in [0.3, 0.4) is 0 Å². The maximum atomic E-state index is 9.49. The Morgan fingerprint density at radius 2 is 2.11 bits per heavy atom. The number of nitrogens with zero attached hydrogens (tertiary/aromatic N) is 2. The number of halogens is 1. The first-order chi connectivity index (χ1) is 9.02. The summed E-state index contributed by atoms with van der Waals surface area (Å²) < 4.78 is 1.71. The highest BCUT2D eigenvalue weighted by atomic mass is 35.5. The molecule has 1 heterocycles. The first kappa shape index (κ1) is 14.1. The highest BCUT2D eigenvalue weighted by Gasteiger charge is 2.17. The van der Waals surface area contributed by atoms with E-state index in [0.717, 1.165) is 28.9 Å². The summed E-state index contributed by atoms with van der Waals surface area (Å²) in [6.45, 7) is 6.21. The van der Waals surface area contributed by atoms with Crippen LogP contribution in [-0.4, -0.2) is 14.9 Å². The van der Waals surface area contributed by atoms with Crippen molar-refractivity contribution >= 4 is 11.6 Å². The first-order valence-corrected chi connectivity index (χ1v) is 6.85. The van der Waals surface area contributed by atoms with Crippen LogP contribution in [0.25, 0.3) is 5.69 Å². The number of hydrogen-bond acceptors (Lipinski definition) is 2. The minimum Gasteiger partial charge on any atom is -0.391 e. The van der Waals surface area contributed by atoms with Gasteiger partial charge in [-0.3, -0.25) is 0 Å². The third kappa shape index (κ3) is 2.99. The molecule has 1 aromatic carbocycles. The monoisotopic (exact) mass is 278 g/mol. The molecule has 0 radical (unpaired) electrons. The number of benzene rings is 1. The summed E-state index contributed by atoms with van der Waals surface area (Å²) in [6.07, 6.45) is 0.814. The van der Waals surface area contributed by atoms with Crippen molar-refractivity contribution in [3.8, 4) is 5.69 Å². The van der Waals surface area contributed by atoms with Crippen LogP contribution in [0.1, 0.15) is 30.7 Å². The molecule has 19 heavy (non-hydrogen) atoms. The van der Waals surface area contributed by atoms with Crippen LogP contribution in [0.2, 0.25) is 5.15 Å². The Bertz CT molecular complexity index is 576. The fourth-order valence-electron chi connectivity index (χ4n) is 2.11. The molecular weight excluding hydrogens is 260 g/mol. The molecule has 1 N–H and O–H groups in total. The molecule has 0 aliphatic heterocycles. The number of aliphatic hydroxyl groups is 1. The highest BCUT2D eigenvalue weighted by molar-refractivity contribution is 6.30. The molecule has 2 rings (SSSR count). The zero-order valence-corrected chi connectivity index (χ0v) is 12.3. The molecule has 4 heteroatoms. The number of aromatic nitrogens is 2. The van der Waals surface area contributed by atoms with Crippen LogP contribution >= 0.6 is 11.6 Å². The molecule has 1 aromatic heterocycles. The van der Waals surface area contributed by atoms with Gasteiger partial charge in [0.2, 0.25) is 0 Å². The van der Waals surface area contributed by atoms with E-state index in [2.05, 4.69) is 18.9 Å². The lowest BCUT2D eigenvalue weighted by Gasteiger charge is -2.04. The van der Waals surface area contributed by atoms with Crippen molar-refractivity contribution in [3.63, 3.8) is 0 Å². The van der Waals surface area contributed by atoms with Crippen LogP contribution in [-0.2, 0) is 13.0 Å². The predicted octanol–water partition coefficient (Wildman–Crippen LogP) is 3.52. The third-order valence-electron chi connectivity index (χ3n) is 3.01. The smallest absolute Gasteiger partial charge is 0.138 e. The Morgan fingerprint density at radius 3 is 2.68 bits per heavy atom. The molecule has 0 unspecified atom stereocenters. The quantitative estimate of drug-likeness (QED) is 0.929. The molecular formula is C15H19ClN2O. The normalized spacial score (nSPS) is 11.3. The van der Waals surface area contributed by atoms with Gasteiger partial charge in [-0.15, -0.1) is 0 Å². The van der Waals surface area contributed by atoms with Gasteiger partial charge in [0.25, 0.3) is 0 Å². The van der Waals surface area contributed by atoms with Crippen LogP contribution < -0.4 is 0 Å². The topological polar surface area (TPSA) is 38.0 Å². The van der Waals surface area contributed by atoms with E-state index in [1.165, 1.54) is 0 Å². The molecule has 0 amide bonds. The van der Waals surface area contributed by atoms with Gasteiger partial charge in [-0.05, 0) is 37.0 Å². The summed E-state index contributed by atoms with van der Waals surface area (Å²) in [5, 5.41) is 14.5. The molecule has 0 bridgehead atoms.